The largest absolute Gasteiger partial charge is 0.495 e. The molecule has 2 N–H and O–H groups in total. The van der Waals surface area contributed by atoms with Crippen molar-refractivity contribution in [2.75, 3.05) is 11.8 Å². The Kier molecular flexibility index (Phi) is 3.24. The van der Waals surface area contributed by atoms with Crippen molar-refractivity contribution in [2.24, 2.45) is 0 Å². The zero-order chi connectivity index (χ0) is 13.2. The number of imidazole rings is 1. The maximum atomic E-state index is 12.0. The molecule has 0 amide bonds. The van der Waals surface area contributed by atoms with E-state index in [4.69, 9.17) is 4.74 Å². The van der Waals surface area contributed by atoms with E-state index in [9.17, 15) is 8.42 Å². The van der Waals surface area contributed by atoms with Gasteiger partial charge in [0, 0.05) is 0 Å². The highest BCUT2D eigenvalue weighted by Crippen LogP contribution is 2.27. The molecule has 0 aliphatic carbocycles. The Morgan fingerprint density at radius 3 is 2.78 bits per heavy atom. The second-order valence-corrected chi connectivity index (χ2v) is 5.38. The highest BCUT2D eigenvalue weighted by molar-refractivity contribution is 7.92. The van der Waals surface area contributed by atoms with Gasteiger partial charge in [-0.25, -0.2) is 4.98 Å². The molecule has 2 rings (SSSR count). The third-order valence-corrected chi connectivity index (χ3v) is 3.65. The summed E-state index contributed by atoms with van der Waals surface area (Å²) in [6.07, 6.45) is 2.55. The fraction of sp³-hybridized carbons (Fsp3) is 0.182. The molecule has 96 valence electrons. The SMILES string of the molecule is COc1cc(C)ccc1NS(=O)(=O)c1cnc[nH]1. The maximum Gasteiger partial charge on any atom is 0.279 e. The second-order valence-electron chi connectivity index (χ2n) is 3.73. The molecule has 2 aromatic rings. The molecule has 1 aromatic carbocycles. The number of benzene rings is 1. The van der Waals surface area contributed by atoms with E-state index < -0.39 is 10.0 Å². The zero-order valence-electron chi connectivity index (χ0n) is 9.97. The summed E-state index contributed by atoms with van der Waals surface area (Å²) in [6, 6.07) is 5.21. The van der Waals surface area contributed by atoms with Gasteiger partial charge >= 0.3 is 0 Å². The van der Waals surface area contributed by atoms with E-state index in [0.29, 0.717) is 11.4 Å². The number of ether oxygens (including phenoxy) is 1. The fourth-order valence-corrected chi connectivity index (χ4v) is 2.45. The second kappa shape index (κ2) is 4.69. The van der Waals surface area contributed by atoms with Gasteiger partial charge in [0.2, 0.25) is 0 Å². The van der Waals surface area contributed by atoms with E-state index in [0.717, 1.165) is 5.56 Å². The molecule has 0 atom stereocenters. The zero-order valence-corrected chi connectivity index (χ0v) is 10.8. The van der Waals surface area contributed by atoms with Crippen LogP contribution in [0.1, 0.15) is 5.56 Å². The van der Waals surface area contributed by atoms with Gasteiger partial charge in [0.15, 0.2) is 5.03 Å². The molecule has 0 saturated carbocycles. The van der Waals surface area contributed by atoms with Gasteiger partial charge in [-0.15, -0.1) is 0 Å². The summed E-state index contributed by atoms with van der Waals surface area (Å²) < 4.78 is 31.5. The Morgan fingerprint density at radius 2 is 2.17 bits per heavy atom. The van der Waals surface area contributed by atoms with E-state index in [1.54, 1.807) is 18.2 Å². The Bertz CT molecular complexity index is 636. The van der Waals surface area contributed by atoms with Crippen molar-refractivity contribution in [2.45, 2.75) is 11.9 Å². The van der Waals surface area contributed by atoms with E-state index in [1.807, 2.05) is 6.92 Å². The van der Waals surface area contributed by atoms with Crippen molar-refractivity contribution < 1.29 is 13.2 Å². The van der Waals surface area contributed by atoms with Crippen LogP contribution in [-0.4, -0.2) is 25.5 Å². The topological polar surface area (TPSA) is 84.1 Å². The summed E-state index contributed by atoms with van der Waals surface area (Å²) in [5, 5.41) is 0.00475. The smallest absolute Gasteiger partial charge is 0.279 e. The molecular formula is C11H13N3O3S. The summed E-state index contributed by atoms with van der Waals surface area (Å²) in [5.74, 6) is 0.470. The van der Waals surface area contributed by atoms with Gasteiger partial charge < -0.3 is 9.72 Å². The molecule has 18 heavy (non-hydrogen) atoms. The molecule has 7 heteroatoms. The van der Waals surface area contributed by atoms with Crippen molar-refractivity contribution in [1.82, 2.24) is 9.97 Å². The number of rotatable bonds is 4. The molecule has 0 unspecified atom stereocenters. The van der Waals surface area contributed by atoms with Crippen molar-refractivity contribution in [3.8, 4) is 5.75 Å². The molecular weight excluding hydrogens is 254 g/mol. The van der Waals surface area contributed by atoms with Gasteiger partial charge in [0.05, 0.1) is 25.3 Å². The van der Waals surface area contributed by atoms with Gasteiger partial charge in [-0.3, -0.25) is 4.72 Å². The van der Waals surface area contributed by atoms with Crippen LogP contribution in [0.3, 0.4) is 0 Å². The minimum atomic E-state index is -3.66. The Morgan fingerprint density at radius 1 is 1.39 bits per heavy atom. The average molecular weight is 267 g/mol. The number of nitrogens with one attached hydrogen (secondary N) is 2. The summed E-state index contributed by atoms with van der Waals surface area (Å²) in [4.78, 5) is 6.22. The molecule has 0 fully saturated rings. The highest BCUT2D eigenvalue weighted by atomic mass is 32.2. The minimum Gasteiger partial charge on any atom is -0.495 e. The van der Waals surface area contributed by atoms with Crippen molar-refractivity contribution in [3.05, 3.63) is 36.3 Å². The van der Waals surface area contributed by atoms with Crippen molar-refractivity contribution >= 4 is 15.7 Å². The number of aromatic amines is 1. The van der Waals surface area contributed by atoms with Crippen LogP contribution in [0.4, 0.5) is 5.69 Å². The normalized spacial score (nSPS) is 11.2. The molecule has 1 heterocycles. The number of hydrogen-bond acceptors (Lipinski definition) is 4. The molecule has 0 bridgehead atoms. The molecule has 0 spiro atoms. The predicted molar refractivity (Wildman–Crippen MR) is 67.1 cm³/mol. The minimum absolute atomic E-state index is 0.00475. The van der Waals surface area contributed by atoms with Crippen LogP contribution in [-0.2, 0) is 10.0 Å². The molecule has 0 aliphatic rings. The molecule has 6 nitrogen and oxygen atoms in total. The third kappa shape index (κ3) is 2.45. The highest BCUT2D eigenvalue weighted by Gasteiger charge is 2.17. The van der Waals surface area contributed by atoms with Gasteiger partial charge in [-0.05, 0) is 24.6 Å². The van der Waals surface area contributed by atoms with E-state index in [1.165, 1.54) is 19.6 Å². The first-order chi connectivity index (χ1) is 8.53. The fourth-order valence-electron chi connectivity index (χ4n) is 1.47. The number of aromatic nitrogens is 2. The van der Waals surface area contributed by atoms with Gasteiger partial charge in [-0.2, -0.15) is 8.42 Å². The van der Waals surface area contributed by atoms with Crippen molar-refractivity contribution in [1.29, 1.82) is 0 Å². The number of nitrogens with zero attached hydrogens (tertiary/aromatic N) is 1. The maximum absolute atomic E-state index is 12.0. The quantitative estimate of drug-likeness (QED) is 0.879. The number of hydrogen-bond donors (Lipinski definition) is 2. The Balaban J connectivity index is 2.35. The summed E-state index contributed by atoms with van der Waals surface area (Å²) in [7, 11) is -2.17. The average Bonchev–Trinajstić information content (AvgIpc) is 2.85. The van der Waals surface area contributed by atoms with Crippen LogP contribution in [0.25, 0.3) is 0 Å². The summed E-state index contributed by atoms with van der Waals surface area (Å²) in [6.45, 7) is 1.90. The predicted octanol–water partition coefficient (Wildman–Crippen LogP) is 1.53. The molecule has 0 aliphatic heterocycles. The van der Waals surface area contributed by atoms with E-state index >= 15 is 0 Å². The summed E-state index contributed by atoms with van der Waals surface area (Å²) in [5.41, 5.74) is 1.37. The van der Waals surface area contributed by atoms with Gasteiger partial charge in [0.25, 0.3) is 10.0 Å². The van der Waals surface area contributed by atoms with Crippen molar-refractivity contribution in [3.63, 3.8) is 0 Å². The first-order valence-electron chi connectivity index (χ1n) is 5.19. The Hall–Kier alpha value is -2.02. The van der Waals surface area contributed by atoms with E-state index in [-0.39, 0.29) is 5.03 Å². The lowest BCUT2D eigenvalue weighted by Gasteiger charge is -2.11. The van der Waals surface area contributed by atoms with Crippen LogP contribution in [0, 0.1) is 6.92 Å². The molecule has 0 saturated heterocycles. The van der Waals surface area contributed by atoms with Crippen LogP contribution < -0.4 is 9.46 Å². The monoisotopic (exact) mass is 267 g/mol. The van der Waals surface area contributed by atoms with Gasteiger partial charge in [-0.1, -0.05) is 6.07 Å². The summed E-state index contributed by atoms with van der Waals surface area (Å²) >= 11 is 0. The standard InChI is InChI=1S/C11H13N3O3S/c1-8-3-4-9(10(5-8)17-2)14-18(15,16)11-6-12-7-13-11/h3-7,14H,1-2H3,(H,12,13). The number of aryl methyl sites for hydroxylation is 1. The van der Waals surface area contributed by atoms with Crippen LogP contribution in [0.15, 0.2) is 35.7 Å². The number of H-pyrrole nitrogens is 1. The molecule has 1 aromatic heterocycles. The number of anilines is 1. The Labute approximate surface area is 105 Å². The number of methoxy groups -OCH3 is 1. The van der Waals surface area contributed by atoms with Crippen LogP contribution in [0.5, 0.6) is 5.75 Å². The van der Waals surface area contributed by atoms with Crippen LogP contribution >= 0.6 is 0 Å². The first kappa shape index (κ1) is 12.4. The lowest BCUT2D eigenvalue weighted by atomic mass is 10.2. The first-order valence-corrected chi connectivity index (χ1v) is 6.67. The van der Waals surface area contributed by atoms with Crippen LogP contribution in [0.2, 0.25) is 0 Å². The number of sulfonamides is 1. The van der Waals surface area contributed by atoms with E-state index in [2.05, 4.69) is 14.7 Å². The molecule has 0 radical (unpaired) electrons. The lowest BCUT2D eigenvalue weighted by Crippen LogP contribution is -2.14. The third-order valence-electron chi connectivity index (χ3n) is 2.36. The lowest BCUT2D eigenvalue weighted by molar-refractivity contribution is 0.416. The van der Waals surface area contributed by atoms with Gasteiger partial charge in [0.1, 0.15) is 5.75 Å².